The van der Waals surface area contributed by atoms with Gasteiger partial charge in [0.2, 0.25) is 0 Å². The third-order valence-corrected chi connectivity index (χ3v) is 8.22. The summed E-state index contributed by atoms with van der Waals surface area (Å²) in [6.45, 7) is 2.40. The molecule has 4 aromatic rings. The molecule has 2 aliphatic heterocycles. The van der Waals surface area contributed by atoms with Gasteiger partial charge in [0.1, 0.15) is 5.15 Å². The number of anilines is 1. The van der Waals surface area contributed by atoms with E-state index < -0.39 is 6.29 Å². The molecular weight excluding hydrogens is 553 g/mol. The van der Waals surface area contributed by atoms with Gasteiger partial charge in [-0.05, 0) is 35.4 Å². The molecular formula is C30H25Cl2N3O5. The summed E-state index contributed by atoms with van der Waals surface area (Å²) >= 11 is 12.4. The predicted molar refractivity (Wildman–Crippen MR) is 149 cm³/mol. The van der Waals surface area contributed by atoms with Gasteiger partial charge in [-0.1, -0.05) is 78.7 Å². The van der Waals surface area contributed by atoms with E-state index in [1.165, 1.54) is 4.90 Å². The lowest BCUT2D eigenvalue weighted by Crippen LogP contribution is -2.39. The molecule has 0 bridgehead atoms. The molecule has 0 spiro atoms. The van der Waals surface area contributed by atoms with Crippen molar-refractivity contribution < 1.29 is 24.2 Å². The summed E-state index contributed by atoms with van der Waals surface area (Å²) in [5, 5.41) is 10.0. The Labute approximate surface area is 240 Å². The molecule has 204 valence electrons. The second-order valence-corrected chi connectivity index (χ2v) is 10.6. The average Bonchev–Trinajstić information content (AvgIpc) is 3.44. The molecule has 1 saturated heterocycles. The average molecular weight is 578 g/mol. The highest BCUT2D eigenvalue weighted by molar-refractivity contribution is 6.40. The van der Waals surface area contributed by atoms with E-state index in [0.29, 0.717) is 28.5 Å². The molecule has 4 atom stereocenters. The fraction of sp³-hybridized carbons (Fsp3) is 0.233. The maximum absolute atomic E-state index is 12.9. The third kappa shape index (κ3) is 4.72. The normalized spacial score (nSPS) is 22.6. The molecule has 1 aromatic heterocycles. The molecule has 0 aliphatic carbocycles. The van der Waals surface area contributed by atoms with Crippen LogP contribution in [0.5, 0.6) is 0 Å². The second-order valence-electron chi connectivity index (χ2n) is 9.88. The van der Waals surface area contributed by atoms with Gasteiger partial charge >= 0.3 is 0 Å². The van der Waals surface area contributed by atoms with Gasteiger partial charge in [0, 0.05) is 11.5 Å². The van der Waals surface area contributed by atoms with E-state index in [9.17, 15) is 14.7 Å². The third-order valence-electron chi connectivity index (χ3n) is 7.45. The zero-order valence-electron chi connectivity index (χ0n) is 21.4. The van der Waals surface area contributed by atoms with Gasteiger partial charge in [0.15, 0.2) is 11.4 Å². The number of fused-ring (bicyclic) bond motifs is 1. The lowest BCUT2D eigenvalue weighted by molar-refractivity contribution is -0.276. The van der Waals surface area contributed by atoms with Crippen LogP contribution in [0.15, 0.2) is 79.1 Å². The van der Waals surface area contributed by atoms with Crippen LogP contribution < -0.4 is 4.90 Å². The van der Waals surface area contributed by atoms with E-state index in [1.54, 1.807) is 59.4 Å². The number of rotatable bonds is 6. The van der Waals surface area contributed by atoms with Crippen molar-refractivity contribution >= 4 is 40.7 Å². The molecule has 0 radical (unpaired) electrons. The maximum Gasteiger partial charge on any atom is 0.266 e. The van der Waals surface area contributed by atoms with Crippen LogP contribution in [-0.4, -0.2) is 32.6 Å². The Morgan fingerprint density at radius 1 is 0.875 bits per heavy atom. The Morgan fingerprint density at radius 3 is 2.08 bits per heavy atom. The van der Waals surface area contributed by atoms with Crippen LogP contribution in [0.3, 0.4) is 0 Å². The van der Waals surface area contributed by atoms with Crippen molar-refractivity contribution in [3.8, 4) is 0 Å². The van der Waals surface area contributed by atoms with Gasteiger partial charge in [0.05, 0.1) is 48.5 Å². The monoisotopic (exact) mass is 577 g/mol. The van der Waals surface area contributed by atoms with E-state index in [0.717, 1.165) is 16.7 Å². The molecule has 1 fully saturated rings. The molecule has 10 heteroatoms. The first kappa shape index (κ1) is 26.7. The number of ether oxygens (including phenoxy) is 2. The van der Waals surface area contributed by atoms with Crippen LogP contribution in [0.2, 0.25) is 10.3 Å². The van der Waals surface area contributed by atoms with E-state index >= 15 is 0 Å². The Hall–Kier alpha value is -3.53. The Balaban J connectivity index is 1.29. The van der Waals surface area contributed by atoms with Gasteiger partial charge in [-0.3, -0.25) is 9.59 Å². The van der Waals surface area contributed by atoms with E-state index in [1.807, 2.05) is 31.2 Å². The van der Waals surface area contributed by atoms with Crippen LogP contribution >= 0.6 is 23.2 Å². The van der Waals surface area contributed by atoms with Crippen molar-refractivity contribution in [2.45, 2.75) is 38.6 Å². The minimum absolute atomic E-state index is 0.0466. The number of nitrogens with zero attached hydrogens (tertiary/aromatic N) is 3. The summed E-state index contributed by atoms with van der Waals surface area (Å²) in [7, 11) is 0. The number of aliphatic hydroxyl groups excluding tert-OH is 1. The molecule has 3 heterocycles. The summed E-state index contributed by atoms with van der Waals surface area (Å²) in [6, 6.07) is 21.4. The van der Waals surface area contributed by atoms with Crippen molar-refractivity contribution in [2.24, 2.45) is 5.92 Å². The van der Waals surface area contributed by atoms with Crippen LogP contribution in [0.25, 0.3) is 0 Å². The Bertz CT molecular complexity index is 1540. The fourth-order valence-corrected chi connectivity index (χ4v) is 5.51. The number of imidazole rings is 1. The van der Waals surface area contributed by atoms with E-state index in [4.69, 9.17) is 32.7 Å². The highest BCUT2D eigenvalue weighted by Gasteiger charge is 2.40. The van der Waals surface area contributed by atoms with Crippen molar-refractivity contribution in [3.05, 3.63) is 117 Å². The number of halogens is 2. The van der Waals surface area contributed by atoms with Crippen LogP contribution in [0, 0.1) is 5.92 Å². The van der Waals surface area contributed by atoms with E-state index in [2.05, 4.69) is 4.98 Å². The SMILES string of the molecule is CC1C(Cn2cnc(Cl)c2Cl)OC(c2ccc(N3C(=O)c4ccccc4C3=O)cc2)OC1c1ccc(CO)cc1. The lowest BCUT2D eigenvalue weighted by atomic mass is 9.90. The molecule has 4 unspecified atom stereocenters. The molecule has 3 aromatic carbocycles. The van der Waals surface area contributed by atoms with Gasteiger partial charge in [-0.2, -0.15) is 0 Å². The zero-order chi connectivity index (χ0) is 28.0. The molecule has 6 rings (SSSR count). The summed E-state index contributed by atoms with van der Waals surface area (Å²) < 4.78 is 14.7. The number of hydrogen-bond acceptors (Lipinski definition) is 6. The van der Waals surface area contributed by atoms with Gasteiger partial charge in [0.25, 0.3) is 11.8 Å². The molecule has 8 nitrogen and oxygen atoms in total. The summed E-state index contributed by atoms with van der Waals surface area (Å²) in [5.41, 5.74) is 3.72. The molecule has 2 amide bonds. The summed E-state index contributed by atoms with van der Waals surface area (Å²) in [4.78, 5) is 31.1. The number of carbonyl (C=O) groups excluding carboxylic acids is 2. The standard InChI is InChI=1S/C30H25Cl2N3O5/c1-17-24(14-34-16-33-26(31)27(34)32)39-30(40-25(17)19-8-6-18(15-36)7-9-19)20-10-12-21(13-11-20)35-28(37)22-4-2-3-5-23(22)29(35)38/h2-13,16-17,24-25,30,36H,14-15H2,1H3. The zero-order valence-corrected chi connectivity index (χ0v) is 22.9. The number of amides is 2. The quantitative estimate of drug-likeness (QED) is 0.283. The highest BCUT2D eigenvalue weighted by Crippen LogP contribution is 2.43. The fourth-order valence-electron chi connectivity index (χ4n) is 5.20. The predicted octanol–water partition coefficient (Wildman–Crippen LogP) is 5.97. The van der Waals surface area contributed by atoms with Crippen LogP contribution in [0.1, 0.15) is 56.7 Å². The summed E-state index contributed by atoms with van der Waals surface area (Å²) in [6.07, 6.45) is 0.190. The number of hydrogen-bond donors (Lipinski definition) is 1. The smallest absolute Gasteiger partial charge is 0.266 e. The summed E-state index contributed by atoms with van der Waals surface area (Å²) in [5.74, 6) is -0.782. The number of benzene rings is 3. The van der Waals surface area contributed by atoms with Crippen LogP contribution in [-0.2, 0) is 22.6 Å². The van der Waals surface area contributed by atoms with Crippen molar-refractivity contribution in [1.82, 2.24) is 9.55 Å². The largest absolute Gasteiger partial charge is 0.392 e. The molecule has 1 N–H and O–H groups in total. The van der Waals surface area contributed by atoms with Gasteiger partial charge < -0.3 is 19.1 Å². The maximum atomic E-state index is 12.9. The number of aliphatic hydroxyl groups is 1. The first-order valence-electron chi connectivity index (χ1n) is 12.8. The lowest BCUT2D eigenvalue weighted by Gasteiger charge is -2.41. The Kier molecular flexibility index (Phi) is 7.20. The number of carbonyl (C=O) groups is 2. The topological polar surface area (TPSA) is 93.9 Å². The first-order valence-corrected chi connectivity index (χ1v) is 13.6. The Morgan fingerprint density at radius 2 is 1.50 bits per heavy atom. The second kappa shape index (κ2) is 10.8. The van der Waals surface area contributed by atoms with Crippen molar-refractivity contribution in [2.75, 3.05) is 4.90 Å². The van der Waals surface area contributed by atoms with Gasteiger partial charge in [-0.15, -0.1) is 0 Å². The van der Waals surface area contributed by atoms with Crippen molar-refractivity contribution in [1.29, 1.82) is 0 Å². The molecule has 2 aliphatic rings. The number of imide groups is 1. The molecule has 0 saturated carbocycles. The van der Waals surface area contributed by atoms with E-state index in [-0.39, 0.29) is 41.7 Å². The highest BCUT2D eigenvalue weighted by atomic mass is 35.5. The number of aromatic nitrogens is 2. The molecule has 40 heavy (non-hydrogen) atoms. The minimum Gasteiger partial charge on any atom is -0.392 e. The first-order chi connectivity index (χ1) is 19.4. The minimum atomic E-state index is -0.738. The van der Waals surface area contributed by atoms with Gasteiger partial charge in [-0.25, -0.2) is 9.88 Å². The van der Waals surface area contributed by atoms with Crippen molar-refractivity contribution in [3.63, 3.8) is 0 Å². The van der Waals surface area contributed by atoms with Crippen LogP contribution in [0.4, 0.5) is 5.69 Å².